The van der Waals surface area contributed by atoms with E-state index < -0.39 is 0 Å². The van der Waals surface area contributed by atoms with Crippen LogP contribution in [0.3, 0.4) is 0 Å². The number of anilines is 1. The van der Waals surface area contributed by atoms with Gasteiger partial charge in [-0.15, -0.1) is 12.8 Å². The summed E-state index contributed by atoms with van der Waals surface area (Å²) in [7, 11) is 0. The van der Waals surface area contributed by atoms with Crippen molar-refractivity contribution in [2.24, 2.45) is 5.41 Å². The highest BCUT2D eigenvalue weighted by Gasteiger charge is 2.47. The molecule has 1 saturated carbocycles. The van der Waals surface area contributed by atoms with Crippen molar-refractivity contribution < 1.29 is 4.74 Å². The minimum absolute atomic E-state index is 0.468. The van der Waals surface area contributed by atoms with Gasteiger partial charge < -0.3 is 15.5 Å². The summed E-state index contributed by atoms with van der Waals surface area (Å²) < 4.78 is 5.59. The smallest absolute Gasteiger partial charge is 0.197 e. The fourth-order valence-electron chi connectivity index (χ4n) is 2.85. The van der Waals surface area contributed by atoms with Crippen LogP contribution in [0.15, 0.2) is 30.6 Å². The van der Waals surface area contributed by atoms with Gasteiger partial charge in [0.1, 0.15) is 5.75 Å². The molecule has 1 atom stereocenters. The van der Waals surface area contributed by atoms with E-state index in [0.29, 0.717) is 11.4 Å². The molecule has 0 saturated heterocycles. The lowest BCUT2D eigenvalue weighted by atomic mass is 9.97. The van der Waals surface area contributed by atoms with Crippen molar-refractivity contribution in [1.29, 1.82) is 0 Å². The van der Waals surface area contributed by atoms with Crippen LogP contribution in [0.1, 0.15) is 37.3 Å². The molecule has 0 spiro atoms. The van der Waals surface area contributed by atoms with E-state index in [1.54, 1.807) is 18.0 Å². The fraction of sp³-hybridized carbons (Fsp3) is 0.389. The Bertz CT molecular complexity index is 629. The summed E-state index contributed by atoms with van der Waals surface area (Å²) in [5.41, 5.74) is 8.66. The van der Waals surface area contributed by atoms with Crippen molar-refractivity contribution in [3.05, 3.63) is 41.7 Å². The van der Waals surface area contributed by atoms with Gasteiger partial charge in [0.05, 0.1) is 6.61 Å². The molecule has 4 rings (SSSR count). The summed E-state index contributed by atoms with van der Waals surface area (Å²) in [6, 6.07) is 6.52. The molecule has 1 aliphatic heterocycles. The van der Waals surface area contributed by atoms with E-state index in [2.05, 4.69) is 54.9 Å². The molecule has 22 heavy (non-hydrogen) atoms. The third-order valence-corrected chi connectivity index (χ3v) is 4.19. The molecule has 2 aliphatic rings. The highest BCUT2D eigenvalue weighted by atomic mass is 16.5. The Morgan fingerprint density at radius 3 is 2.59 bits per heavy atom. The molecule has 0 bridgehead atoms. The lowest BCUT2D eigenvalue weighted by Gasteiger charge is -2.08. The van der Waals surface area contributed by atoms with E-state index in [4.69, 9.17) is 10.5 Å². The van der Waals surface area contributed by atoms with Gasteiger partial charge in [-0.2, -0.15) is 0 Å². The maximum absolute atomic E-state index is 5.59. The zero-order valence-corrected chi connectivity index (χ0v) is 13.2. The SMILES string of the molecule is C#C.CC1(C)C[C@H]1c1cccc2c1CCO2.Nc1ncc[nH]1. The Labute approximate surface area is 132 Å². The van der Waals surface area contributed by atoms with Crippen LogP contribution in [0.2, 0.25) is 0 Å². The molecule has 0 radical (unpaired) electrons. The molecule has 4 heteroatoms. The number of terminal acetylenes is 1. The molecule has 116 valence electrons. The second-order valence-electron chi connectivity index (χ2n) is 6.14. The van der Waals surface area contributed by atoms with Crippen molar-refractivity contribution in [3.63, 3.8) is 0 Å². The maximum Gasteiger partial charge on any atom is 0.197 e. The number of H-pyrrole nitrogens is 1. The number of benzene rings is 1. The number of hydrogen-bond acceptors (Lipinski definition) is 3. The average Bonchev–Trinajstić information content (AvgIpc) is 2.96. The largest absolute Gasteiger partial charge is 0.493 e. The second-order valence-corrected chi connectivity index (χ2v) is 6.14. The number of nitrogens with one attached hydrogen (secondary N) is 1. The summed E-state index contributed by atoms with van der Waals surface area (Å²) >= 11 is 0. The summed E-state index contributed by atoms with van der Waals surface area (Å²) in [5.74, 6) is 2.37. The Morgan fingerprint density at radius 2 is 2.09 bits per heavy atom. The molecule has 0 unspecified atom stereocenters. The van der Waals surface area contributed by atoms with E-state index in [-0.39, 0.29) is 0 Å². The minimum Gasteiger partial charge on any atom is -0.493 e. The lowest BCUT2D eigenvalue weighted by molar-refractivity contribution is 0.357. The number of ether oxygens (including phenoxy) is 1. The molecule has 1 aliphatic carbocycles. The molecule has 2 aromatic rings. The zero-order valence-electron chi connectivity index (χ0n) is 13.2. The second kappa shape index (κ2) is 6.57. The van der Waals surface area contributed by atoms with Gasteiger partial charge in [-0.25, -0.2) is 4.98 Å². The first-order valence-electron chi connectivity index (χ1n) is 7.41. The summed E-state index contributed by atoms with van der Waals surface area (Å²) in [6.07, 6.45) is 13.7. The number of aromatic nitrogens is 2. The van der Waals surface area contributed by atoms with E-state index in [1.807, 2.05) is 0 Å². The first kappa shape index (κ1) is 16.0. The molecule has 3 N–H and O–H groups in total. The number of nitrogens with two attached hydrogens (primary N) is 1. The predicted molar refractivity (Wildman–Crippen MR) is 89.7 cm³/mol. The highest BCUT2D eigenvalue weighted by molar-refractivity contribution is 5.47. The maximum atomic E-state index is 5.59. The number of nitrogens with zero attached hydrogens (tertiary/aromatic N) is 1. The predicted octanol–water partition coefficient (Wildman–Crippen LogP) is 3.38. The van der Waals surface area contributed by atoms with Gasteiger partial charge in [0, 0.05) is 24.4 Å². The van der Waals surface area contributed by atoms with Crippen LogP contribution < -0.4 is 10.5 Å². The van der Waals surface area contributed by atoms with Crippen molar-refractivity contribution >= 4 is 5.95 Å². The number of imidazole rings is 1. The van der Waals surface area contributed by atoms with Crippen LogP contribution in [-0.4, -0.2) is 16.6 Å². The standard InChI is InChI=1S/C13H16O.C3H5N3.C2H2/c1-13(2)8-11(13)9-4-3-5-12-10(9)6-7-14-12;4-3-5-1-2-6-3;1-2/h3-5,11H,6-8H2,1-2H3;1-2H,(H3,4,5,6);1-2H/t11-;;/m0../s1. The summed E-state index contributed by atoms with van der Waals surface area (Å²) in [5, 5.41) is 0. The Kier molecular flexibility index (Phi) is 4.77. The van der Waals surface area contributed by atoms with Gasteiger partial charge >= 0.3 is 0 Å². The Morgan fingerprint density at radius 1 is 1.36 bits per heavy atom. The number of hydrogen-bond donors (Lipinski definition) is 2. The molecule has 1 aromatic heterocycles. The van der Waals surface area contributed by atoms with E-state index in [0.717, 1.165) is 24.7 Å². The molecule has 1 aromatic carbocycles. The van der Waals surface area contributed by atoms with Crippen LogP contribution in [0, 0.1) is 18.3 Å². The van der Waals surface area contributed by atoms with E-state index >= 15 is 0 Å². The fourth-order valence-corrected chi connectivity index (χ4v) is 2.85. The number of aromatic amines is 1. The monoisotopic (exact) mass is 297 g/mol. The number of fused-ring (bicyclic) bond motifs is 1. The van der Waals surface area contributed by atoms with Crippen molar-refractivity contribution in [2.45, 2.75) is 32.6 Å². The van der Waals surface area contributed by atoms with Gasteiger partial charge in [0.2, 0.25) is 0 Å². The summed E-state index contributed by atoms with van der Waals surface area (Å²) in [4.78, 5) is 6.31. The lowest BCUT2D eigenvalue weighted by Crippen LogP contribution is -1.94. The molecule has 4 nitrogen and oxygen atoms in total. The van der Waals surface area contributed by atoms with Crippen LogP contribution in [0.5, 0.6) is 5.75 Å². The quantitative estimate of drug-likeness (QED) is 0.793. The summed E-state index contributed by atoms with van der Waals surface area (Å²) in [6.45, 7) is 5.58. The van der Waals surface area contributed by atoms with E-state index in [9.17, 15) is 0 Å². The normalized spacial score (nSPS) is 19.5. The zero-order chi connectivity index (χ0) is 16.2. The number of rotatable bonds is 1. The molecule has 2 heterocycles. The van der Waals surface area contributed by atoms with Crippen LogP contribution in [-0.2, 0) is 6.42 Å². The van der Waals surface area contributed by atoms with Crippen molar-refractivity contribution in [1.82, 2.24) is 9.97 Å². The minimum atomic E-state index is 0.468. The van der Waals surface area contributed by atoms with E-state index in [1.165, 1.54) is 12.0 Å². The molecule has 0 amide bonds. The molecular weight excluding hydrogens is 274 g/mol. The third-order valence-electron chi connectivity index (χ3n) is 4.19. The third kappa shape index (κ3) is 3.43. The van der Waals surface area contributed by atoms with Gasteiger partial charge in [0.25, 0.3) is 0 Å². The Hall–Kier alpha value is -2.41. The van der Waals surface area contributed by atoms with Gasteiger partial charge in [-0.1, -0.05) is 26.0 Å². The van der Waals surface area contributed by atoms with Crippen LogP contribution in [0.4, 0.5) is 5.95 Å². The molecule has 1 fully saturated rings. The topological polar surface area (TPSA) is 63.9 Å². The van der Waals surface area contributed by atoms with Gasteiger partial charge in [-0.3, -0.25) is 0 Å². The van der Waals surface area contributed by atoms with Crippen molar-refractivity contribution in [3.8, 4) is 18.6 Å². The van der Waals surface area contributed by atoms with Gasteiger partial charge in [-0.05, 0) is 29.4 Å². The Balaban J connectivity index is 0.000000186. The van der Waals surface area contributed by atoms with Crippen molar-refractivity contribution in [2.75, 3.05) is 12.3 Å². The number of nitrogen functional groups attached to an aromatic ring is 1. The average molecular weight is 297 g/mol. The highest BCUT2D eigenvalue weighted by Crippen LogP contribution is 2.60. The van der Waals surface area contributed by atoms with Crippen LogP contribution >= 0.6 is 0 Å². The first-order valence-corrected chi connectivity index (χ1v) is 7.41. The molecular formula is C18H23N3O. The van der Waals surface area contributed by atoms with Gasteiger partial charge in [0.15, 0.2) is 5.95 Å². The van der Waals surface area contributed by atoms with Crippen LogP contribution in [0.25, 0.3) is 0 Å². The first-order chi connectivity index (χ1) is 10.6.